The number of benzene rings is 1. The molecule has 11 nitrogen and oxygen atoms in total. The molecule has 2 aliphatic carbocycles. The van der Waals surface area contributed by atoms with E-state index >= 15 is 0 Å². The lowest BCUT2D eigenvalue weighted by molar-refractivity contribution is -0.152. The number of nitrogens with one attached hydrogen (secondary N) is 2. The van der Waals surface area contributed by atoms with Gasteiger partial charge in [0, 0.05) is 57.4 Å². The van der Waals surface area contributed by atoms with Crippen LogP contribution in [0, 0.1) is 28.6 Å². The van der Waals surface area contributed by atoms with Crippen molar-refractivity contribution in [2.45, 2.75) is 78.0 Å². The molecule has 1 aromatic carbocycles. The van der Waals surface area contributed by atoms with Crippen LogP contribution in [-0.2, 0) is 25.7 Å². The number of hydrogen-bond donors (Lipinski definition) is 2. The lowest BCUT2D eigenvalue weighted by Crippen LogP contribution is -2.65. The van der Waals surface area contributed by atoms with Gasteiger partial charge in [-0.1, -0.05) is 63.4 Å². The van der Waals surface area contributed by atoms with Crippen molar-refractivity contribution < 1.29 is 23.9 Å². The van der Waals surface area contributed by atoms with Crippen molar-refractivity contribution in [1.29, 1.82) is 0 Å². The molecule has 11 heteroatoms. The summed E-state index contributed by atoms with van der Waals surface area (Å²) in [6.45, 7) is 8.51. The average Bonchev–Trinajstić information content (AvgIpc) is 3.37. The van der Waals surface area contributed by atoms with E-state index in [2.05, 4.69) is 29.6 Å². The third-order valence-corrected chi connectivity index (χ3v) is 11.1. The lowest BCUT2D eigenvalue weighted by atomic mass is 9.70. The molecule has 4 aliphatic rings. The lowest BCUT2D eigenvalue weighted by Gasteiger charge is -2.50. The van der Waals surface area contributed by atoms with Crippen LogP contribution in [0.15, 0.2) is 42.7 Å². The molecule has 0 unspecified atom stereocenters. The van der Waals surface area contributed by atoms with Gasteiger partial charge in [-0.25, -0.2) is 0 Å². The summed E-state index contributed by atoms with van der Waals surface area (Å²) in [6, 6.07) is 9.04. The number of carbonyl (C=O) groups excluding carboxylic acids is 4. The number of ether oxygens (including phenoxy) is 1. The van der Waals surface area contributed by atoms with Gasteiger partial charge in [-0.05, 0) is 43.1 Å². The standard InChI is InChI=1S/C36H50N6O5/c1-24(47-20-26-13-9-6-10-14-26)30(32(44)37-4)39-31(43)29-19-40(21-36(29)22-41(23-36)34(46)28-15-35(28,2)3)33(45)27-16-38-42(18-27)17-25-11-7-5-8-12-25/h5,7-8,11-12,16,18,24,26,28-30H,6,9-10,13-15,17,19-23H2,1-4H3,(H,37,44)(H,39,43)/t24-,28+,29+,30-/m0/s1. The summed E-state index contributed by atoms with van der Waals surface area (Å²) in [4.78, 5) is 57.8. The van der Waals surface area contributed by atoms with Crippen LogP contribution in [0.2, 0.25) is 0 Å². The summed E-state index contributed by atoms with van der Waals surface area (Å²) in [7, 11) is 1.56. The summed E-state index contributed by atoms with van der Waals surface area (Å²) in [5.41, 5.74) is 0.945. The maximum atomic E-state index is 14.1. The number of carbonyl (C=O) groups is 4. The Morgan fingerprint density at radius 1 is 1.00 bits per heavy atom. The average molecular weight is 647 g/mol. The van der Waals surface area contributed by atoms with Crippen LogP contribution in [0.25, 0.3) is 0 Å². The molecule has 4 fully saturated rings. The molecule has 4 amide bonds. The summed E-state index contributed by atoms with van der Waals surface area (Å²) < 4.78 is 7.92. The van der Waals surface area contributed by atoms with E-state index in [1.165, 1.54) is 19.3 Å². The van der Waals surface area contributed by atoms with E-state index in [0.29, 0.717) is 44.3 Å². The number of hydrogen-bond acceptors (Lipinski definition) is 6. The van der Waals surface area contributed by atoms with E-state index in [4.69, 9.17) is 4.74 Å². The summed E-state index contributed by atoms with van der Waals surface area (Å²) in [5, 5.41) is 10.1. The van der Waals surface area contributed by atoms with Gasteiger partial charge in [-0.2, -0.15) is 5.10 Å². The van der Waals surface area contributed by atoms with Gasteiger partial charge in [0.05, 0.1) is 30.3 Å². The molecule has 4 atom stereocenters. The number of likely N-dealkylation sites (N-methyl/N-ethyl adjacent to an activating group) is 1. The van der Waals surface area contributed by atoms with E-state index in [1.807, 2.05) is 42.2 Å². The van der Waals surface area contributed by atoms with E-state index in [1.54, 1.807) is 29.0 Å². The van der Waals surface area contributed by atoms with Crippen LogP contribution < -0.4 is 10.6 Å². The Hall–Kier alpha value is -3.73. The van der Waals surface area contributed by atoms with Crippen LogP contribution >= 0.6 is 0 Å². The normalized spacial score (nSPS) is 24.3. The Bertz CT molecular complexity index is 1460. The molecular weight excluding hydrogens is 596 g/mol. The van der Waals surface area contributed by atoms with Gasteiger partial charge in [0.2, 0.25) is 17.7 Å². The van der Waals surface area contributed by atoms with E-state index in [0.717, 1.165) is 24.8 Å². The number of aromatic nitrogens is 2. The monoisotopic (exact) mass is 646 g/mol. The molecule has 0 bridgehead atoms. The first-order chi connectivity index (χ1) is 22.5. The van der Waals surface area contributed by atoms with Gasteiger partial charge in [-0.3, -0.25) is 23.9 Å². The molecule has 1 aromatic heterocycles. The zero-order valence-corrected chi connectivity index (χ0v) is 28.2. The van der Waals surface area contributed by atoms with Crippen molar-refractivity contribution in [2.24, 2.45) is 28.6 Å². The minimum atomic E-state index is -0.876. The summed E-state index contributed by atoms with van der Waals surface area (Å²) in [5.74, 6) is -0.792. The number of rotatable bonds is 11. The molecular formula is C36H50N6O5. The predicted molar refractivity (Wildman–Crippen MR) is 176 cm³/mol. The third kappa shape index (κ3) is 7.10. The minimum absolute atomic E-state index is 0.00140. The topological polar surface area (TPSA) is 126 Å². The first-order valence-corrected chi connectivity index (χ1v) is 17.3. The Labute approximate surface area is 277 Å². The molecule has 254 valence electrons. The second-order valence-electron chi connectivity index (χ2n) is 15.1. The molecule has 2 saturated carbocycles. The first kappa shape index (κ1) is 33.2. The second kappa shape index (κ2) is 13.4. The molecule has 2 saturated heterocycles. The molecule has 6 rings (SSSR count). The van der Waals surface area contributed by atoms with Crippen LogP contribution in [0.4, 0.5) is 0 Å². The fourth-order valence-electron chi connectivity index (χ4n) is 7.84. The maximum absolute atomic E-state index is 14.1. The smallest absolute Gasteiger partial charge is 0.257 e. The van der Waals surface area contributed by atoms with Crippen LogP contribution in [-0.4, -0.2) is 95.2 Å². The zero-order valence-electron chi connectivity index (χ0n) is 28.2. The van der Waals surface area contributed by atoms with Crippen LogP contribution in [0.1, 0.15) is 75.2 Å². The van der Waals surface area contributed by atoms with Crippen molar-refractivity contribution in [3.8, 4) is 0 Å². The molecule has 1 spiro atoms. The molecule has 2 aromatic rings. The molecule has 47 heavy (non-hydrogen) atoms. The Morgan fingerprint density at radius 2 is 1.68 bits per heavy atom. The van der Waals surface area contributed by atoms with Crippen molar-refractivity contribution in [3.05, 3.63) is 53.9 Å². The van der Waals surface area contributed by atoms with Crippen molar-refractivity contribution >= 4 is 23.6 Å². The highest BCUT2D eigenvalue weighted by atomic mass is 16.5. The van der Waals surface area contributed by atoms with E-state index < -0.39 is 23.5 Å². The Balaban J connectivity index is 1.16. The first-order valence-electron chi connectivity index (χ1n) is 17.3. The largest absolute Gasteiger partial charge is 0.376 e. The van der Waals surface area contributed by atoms with Gasteiger partial charge < -0.3 is 25.2 Å². The molecule has 0 radical (unpaired) electrons. The highest BCUT2D eigenvalue weighted by Gasteiger charge is 2.62. The Morgan fingerprint density at radius 3 is 2.34 bits per heavy atom. The van der Waals surface area contributed by atoms with Crippen LogP contribution in [0.5, 0.6) is 0 Å². The number of amides is 4. The third-order valence-electron chi connectivity index (χ3n) is 11.1. The van der Waals surface area contributed by atoms with Crippen molar-refractivity contribution in [3.63, 3.8) is 0 Å². The fraction of sp³-hybridized carbons (Fsp3) is 0.639. The van der Waals surface area contributed by atoms with Gasteiger partial charge in [0.15, 0.2) is 0 Å². The fourth-order valence-corrected chi connectivity index (χ4v) is 7.84. The minimum Gasteiger partial charge on any atom is -0.376 e. The quantitative estimate of drug-likeness (QED) is 0.387. The van der Waals surface area contributed by atoms with Crippen LogP contribution in [0.3, 0.4) is 0 Å². The zero-order chi connectivity index (χ0) is 33.3. The van der Waals surface area contributed by atoms with Gasteiger partial charge in [-0.15, -0.1) is 0 Å². The predicted octanol–water partition coefficient (Wildman–Crippen LogP) is 3.09. The van der Waals surface area contributed by atoms with E-state index in [-0.39, 0.29) is 41.5 Å². The Kier molecular flexibility index (Phi) is 9.47. The maximum Gasteiger partial charge on any atom is 0.257 e. The second-order valence-corrected chi connectivity index (χ2v) is 15.1. The number of nitrogens with zero attached hydrogens (tertiary/aromatic N) is 4. The summed E-state index contributed by atoms with van der Waals surface area (Å²) in [6.07, 6.45) is 9.55. The van der Waals surface area contributed by atoms with Crippen molar-refractivity contribution in [1.82, 2.24) is 30.2 Å². The molecule has 3 heterocycles. The van der Waals surface area contributed by atoms with Crippen molar-refractivity contribution in [2.75, 3.05) is 39.8 Å². The summed E-state index contributed by atoms with van der Waals surface area (Å²) >= 11 is 0. The highest BCUT2D eigenvalue weighted by Crippen LogP contribution is 2.54. The highest BCUT2D eigenvalue weighted by molar-refractivity contribution is 5.95. The SMILES string of the molecule is CNC(=O)[C@@H](NC(=O)[C@H]1CN(C(=O)c2cnn(Cc3ccccc3)c2)CC12CN(C(=O)[C@H]1CC1(C)C)C2)[C@H](C)OCC1CCCCC1. The van der Waals surface area contributed by atoms with E-state index in [9.17, 15) is 19.2 Å². The van der Waals surface area contributed by atoms with Gasteiger partial charge in [0.25, 0.3) is 5.91 Å². The van der Waals surface area contributed by atoms with Gasteiger partial charge >= 0.3 is 0 Å². The molecule has 2 aliphatic heterocycles. The van der Waals surface area contributed by atoms with Gasteiger partial charge in [0.1, 0.15) is 6.04 Å². The number of likely N-dealkylation sites (tertiary alicyclic amines) is 2. The molecule has 2 N–H and O–H groups in total.